The lowest BCUT2D eigenvalue weighted by Crippen LogP contribution is -2.26. The molecule has 0 radical (unpaired) electrons. The number of hydrogen-bond donors (Lipinski definition) is 0. The van der Waals surface area contributed by atoms with Crippen LogP contribution in [-0.2, 0) is 0 Å². The van der Waals surface area contributed by atoms with E-state index in [1.807, 2.05) is 37.9 Å². The van der Waals surface area contributed by atoms with Gasteiger partial charge in [0.1, 0.15) is 5.82 Å². The highest BCUT2D eigenvalue weighted by atomic mass is 16.2. The van der Waals surface area contributed by atoms with Crippen molar-refractivity contribution in [3.05, 3.63) is 47.3 Å². The van der Waals surface area contributed by atoms with E-state index in [0.717, 1.165) is 28.3 Å². The third kappa shape index (κ3) is 1.97. The topological polar surface area (TPSA) is 49.3 Å². The molecule has 1 aliphatic heterocycles. The van der Waals surface area contributed by atoms with Crippen LogP contribution < -0.4 is 9.80 Å². The quantitative estimate of drug-likeness (QED) is 0.811. The van der Waals surface area contributed by atoms with Gasteiger partial charge < -0.3 is 9.80 Å². The van der Waals surface area contributed by atoms with Crippen molar-refractivity contribution in [3.63, 3.8) is 0 Å². The molecular weight excluding hydrogens is 276 g/mol. The Labute approximate surface area is 129 Å². The normalized spacial score (nSPS) is 13.5. The van der Waals surface area contributed by atoms with Gasteiger partial charge in [-0.2, -0.15) is 0 Å². The zero-order chi connectivity index (χ0) is 16.0. The lowest BCUT2D eigenvalue weighted by Gasteiger charge is -2.22. The highest BCUT2D eigenvalue weighted by molar-refractivity contribution is 6.13. The second kappa shape index (κ2) is 4.94. The van der Waals surface area contributed by atoms with Crippen LogP contribution in [0, 0.1) is 13.8 Å². The molecule has 0 aromatic carbocycles. The summed E-state index contributed by atoms with van der Waals surface area (Å²) in [5, 5.41) is 0. The third-order valence-electron chi connectivity index (χ3n) is 3.92. The van der Waals surface area contributed by atoms with E-state index in [-0.39, 0.29) is 5.91 Å². The van der Waals surface area contributed by atoms with Crippen LogP contribution in [0.3, 0.4) is 0 Å². The smallest absolute Gasteiger partial charge is 0.261 e. The number of aryl methyl sites for hydroxylation is 2. The molecule has 0 fully saturated rings. The summed E-state index contributed by atoms with van der Waals surface area (Å²) in [7, 11) is 3.66. The van der Waals surface area contributed by atoms with Gasteiger partial charge in [0.15, 0.2) is 5.82 Å². The molecule has 3 rings (SSSR count). The van der Waals surface area contributed by atoms with Crippen molar-refractivity contribution in [2.75, 3.05) is 23.9 Å². The molecule has 1 amide bonds. The predicted octanol–water partition coefficient (Wildman–Crippen LogP) is 3.09. The van der Waals surface area contributed by atoms with Crippen molar-refractivity contribution in [2.45, 2.75) is 13.8 Å². The monoisotopic (exact) mass is 294 g/mol. The Hall–Kier alpha value is -2.69. The van der Waals surface area contributed by atoms with Crippen molar-refractivity contribution in [1.82, 2.24) is 9.97 Å². The molecule has 0 N–H and O–H groups in total. The fourth-order valence-electron chi connectivity index (χ4n) is 2.85. The Kier molecular flexibility index (Phi) is 3.20. The van der Waals surface area contributed by atoms with Crippen LogP contribution in [-0.4, -0.2) is 30.0 Å². The largest absolute Gasteiger partial charge is 0.312 e. The number of pyridine rings is 2. The SMILES string of the molecule is C=Cc1cnc2c(c1)C(=O)N(C)c1c(C)cc(C)nc1N2C. The molecule has 22 heavy (non-hydrogen) atoms. The Balaban J connectivity index is 2.33. The van der Waals surface area contributed by atoms with Crippen LogP contribution in [0.2, 0.25) is 0 Å². The summed E-state index contributed by atoms with van der Waals surface area (Å²) >= 11 is 0. The van der Waals surface area contributed by atoms with Crippen molar-refractivity contribution in [1.29, 1.82) is 0 Å². The van der Waals surface area contributed by atoms with Crippen molar-refractivity contribution < 1.29 is 4.79 Å². The highest BCUT2D eigenvalue weighted by Crippen LogP contribution is 2.39. The van der Waals surface area contributed by atoms with Crippen molar-refractivity contribution in [3.8, 4) is 0 Å². The zero-order valence-corrected chi connectivity index (χ0v) is 13.2. The van der Waals surface area contributed by atoms with E-state index in [4.69, 9.17) is 0 Å². The number of hydrogen-bond acceptors (Lipinski definition) is 4. The Morgan fingerprint density at radius 1 is 1.14 bits per heavy atom. The molecule has 5 heteroatoms. The lowest BCUT2D eigenvalue weighted by atomic mass is 10.1. The number of amides is 1. The van der Waals surface area contributed by atoms with Crippen LogP contribution >= 0.6 is 0 Å². The summed E-state index contributed by atoms with van der Waals surface area (Å²) in [6.45, 7) is 7.68. The van der Waals surface area contributed by atoms with Crippen LogP contribution in [0.15, 0.2) is 24.9 Å². The molecule has 0 saturated heterocycles. The maximum absolute atomic E-state index is 12.8. The minimum absolute atomic E-state index is 0.0921. The summed E-state index contributed by atoms with van der Waals surface area (Å²) < 4.78 is 0. The Morgan fingerprint density at radius 3 is 2.55 bits per heavy atom. The number of fused-ring (bicyclic) bond motifs is 2. The second-order valence-corrected chi connectivity index (χ2v) is 5.52. The standard InChI is InChI=1S/C17H18N4O/c1-6-12-8-13-15(18-9-12)21(5)16-14(20(4)17(13)22)10(2)7-11(3)19-16/h6-9H,1H2,2-5H3. The van der Waals surface area contributed by atoms with E-state index >= 15 is 0 Å². The predicted molar refractivity (Wildman–Crippen MR) is 88.8 cm³/mol. The number of carbonyl (C=O) groups excluding carboxylic acids is 1. The van der Waals surface area contributed by atoms with Gasteiger partial charge in [-0.3, -0.25) is 4.79 Å². The molecule has 0 spiro atoms. The van der Waals surface area contributed by atoms with Gasteiger partial charge in [0.2, 0.25) is 0 Å². The summed E-state index contributed by atoms with van der Waals surface area (Å²) in [6, 6.07) is 3.80. The average molecular weight is 294 g/mol. The molecule has 0 saturated carbocycles. The first kappa shape index (κ1) is 14.3. The van der Waals surface area contributed by atoms with Crippen LogP contribution in [0.25, 0.3) is 6.08 Å². The van der Waals surface area contributed by atoms with E-state index in [2.05, 4.69) is 16.5 Å². The molecular formula is C17H18N4O. The molecule has 0 bridgehead atoms. The highest BCUT2D eigenvalue weighted by Gasteiger charge is 2.30. The minimum Gasteiger partial charge on any atom is -0.312 e. The summed E-state index contributed by atoms with van der Waals surface area (Å²) in [5.74, 6) is 1.26. The van der Waals surface area contributed by atoms with Gasteiger partial charge in [-0.05, 0) is 37.1 Å². The van der Waals surface area contributed by atoms with Gasteiger partial charge in [-0.25, -0.2) is 9.97 Å². The third-order valence-corrected chi connectivity index (χ3v) is 3.92. The maximum atomic E-state index is 12.8. The fourth-order valence-corrected chi connectivity index (χ4v) is 2.85. The van der Waals surface area contributed by atoms with Gasteiger partial charge in [0.25, 0.3) is 5.91 Å². The van der Waals surface area contributed by atoms with Gasteiger partial charge in [0, 0.05) is 26.0 Å². The zero-order valence-electron chi connectivity index (χ0n) is 13.2. The first-order valence-corrected chi connectivity index (χ1v) is 7.06. The van der Waals surface area contributed by atoms with E-state index in [0.29, 0.717) is 11.4 Å². The van der Waals surface area contributed by atoms with Gasteiger partial charge >= 0.3 is 0 Å². The number of anilines is 3. The van der Waals surface area contributed by atoms with Crippen LogP contribution in [0.4, 0.5) is 17.3 Å². The fraction of sp³-hybridized carbons (Fsp3) is 0.235. The number of rotatable bonds is 1. The Bertz CT molecular complexity index is 797. The second-order valence-electron chi connectivity index (χ2n) is 5.52. The molecule has 1 aliphatic rings. The first-order chi connectivity index (χ1) is 10.4. The number of nitrogens with zero attached hydrogens (tertiary/aromatic N) is 4. The van der Waals surface area contributed by atoms with E-state index in [1.54, 1.807) is 24.2 Å². The maximum Gasteiger partial charge on any atom is 0.261 e. The van der Waals surface area contributed by atoms with Crippen molar-refractivity contribution in [2.24, 2.45) is 0 Å². The summed E-state index contributed by atoms with van der Waals surface area (Å²) in [6.07, 6.45) is 3.40. The van der Waals surface area contributed by atoms with Gasteiger partial charge in [-0.1, -0.05) is 12.7 Å². The number of carbonyl (C=O) groups is 1. The molecule has 0 aliphatic carbocycles. The molecule has 5 nitrogen and oxygen atoms in total. The van der Waals surface area contributed by atoms with Crippen LogP contribution in [0.5, 0.6) is 0 Å². The van der Waals surface area contributed by atoms with Gasteiger partial charge in [-0.15, -0.1) is 0 Å². The molecule has 2 aromatic rings. The van der Waals surface area contributed by atoms with E-state index in [1.165, 1.54) is 0 Å². The van der Waals surface area contributed by atoms with Crippen LogP contribution in [0.1, 0.15) is 27.2 Å². The lowest BCUT2D eigenvalue weighted by molar-refractivity contribution is 0.0994. The molecule has 3 heterocycles. The van der Waals surface area contributed by atoms with E-state index < -0.39 is 0 Å². The Morgan fingerprint density at radius 2 is 1.86 bits per heavy atom. The van der Waals surface area contributed by atoms with E-state index in [9.17, 15) is 4.79 Å². The number of aromatic nitrogens is 2. The minimum atomic E-state index is -0.0921. The average Bonchev–Trinajstić information content (AvgIpc) is 2.57. The molecule has 2 aromatic heterocycles. The molecule has 0 unspecified atom stereocenters. The van der Waals surface area contributed by atoms with Crippen molar-refractivity contribution >= 4 is 29.3 Å². The molecule has 0 atom stereocenters. The molecule has 112 valence electrons. The van der Waals surface area contributed by atoms with Gasteiger partial charge in [0.05, 0.1) is 11.3 Å². The first-order valence-electron chi connectivity index (χ1n) is 7.06. The summed E-state index contributed by atoms with van der Waals surface area (Å²) in [5.41, 5.74) is 4.12. The summed E-state index contributed by atoms with van der Waals surface area (Å²) in [4.78, 5) is 25.4.